The average Bonchev–Trinajstić information content (AvgIpc) is 2.40. The van der Waals surface area contributed by atoms with E-state index >= 15 is 0 Å². The predicted octanol–water partition coefficient (Wildman–Crippen LogP) is 3.26. The molecule has 1 rings (SSSR count). The first kappa shape index (κ1) is 21.4. The lowest BCUT2D eigenvalue weighted by molar-refractivity contribution is -0.154. The van der Waals surface area contributed by atoms with Crippen LogP contribution in [0.1, 0.15) is 13.8 Å². The Labute approximate surface area is 140 Å². The Bertz CT molecular complexity index is 685. The van der Waals surface area contributed by atoms with Gasteiger partial charge in [0.2, 0.25) is 10.0 Å². The van der Waals surface area contributed by atoms with Crippen LogP contribution in [0.3, 0.4) is 0 Å². The van der Waals surface area contributed by atoms with Crippen molar-refractivity contribution < 1.29 is 44.2 Å². The summed E-state index contributed by atoms with van der Waals surface area (Å²) in [6, 6.07) is 1.74. The van der Waals surface area contributed by atoms with E-state index in [9.17, 15) is 34.8 Å². The van der Waals surface area contributed by atoms with Crippen molar-refractivity contribution in [1.29, 1.82) is 0 Å². The molecule has 12 heteroatoms. The van der Waals surface area contributed by atoms with Gasteiger partial charge in [-0.3, -0.25) is 0 Å². The molecule has 0 radical (unpaired) electrons. The first-order valence-electron chi connectivity index (χ1n) is 6.75. The minimum Gasteiger partial charge on any atom is -0.484 e. The van der Waals surface area contributed by atoms with Crippen LogP contribution in [-0.2, 0) is 10.0 Å². The van der Waals surface area contributed by atoms with E-state index < -0.39 is 58.0 Å². The van der Waals surface area contributed by atoms with E-state index in [1.165, 1.54) is 13.8 Å². The van der Waals surface area contributed by atoms with Crippen molar-refractivity contribution in [3.63, 3.8) is 0 Å². The molecule has 0 fully saturated rings. The number of benzene rings is 1. The summed E-state index contributed by atoms with van der Waals surface area (Å²) in [5.74, 6) is -1.15. The molecule has 0 saturated heterocycles. The molecule has 1 aromatic carbocycles. The van der Waals surface area contributed by atoms with E-state index in [0.29, 0.717) is 6.07 Å². The van der Waals surface area contributed by atoms with Gasteiger partial charge >= 0.3 is 12.4 Å². The van der Waals surface area contributed by atoms with E-state index in [0.717, 1.165) is 12.1 Å². The summed E-state index contributed by atoms with van der Waals surface area (Å²) in [7, 11) is -4.34. The normalized spacial score (nSPS) is 13.2. The van der Waals surface area contributed by atoms with Gasteiger partial charge in [0.15, 0.2) is 13.2 Å². The molecular weight excluding hydrogens is 380 g/mol. The average molecular weight is 395 g/mol. The molecule has 0 unspecified atom stereocenters. The molecule has 0 heterocycles. The van der Waals surface area contributed by atoms with E-state index in [4.69, 9.17) is 0 Å². The Balaban J connectivity index is 3.19. The third kappa shape index (κ3) is 7.82. The lowest BCUT2D eigenvalue weighted by atomic mass is 10.3. The molecule has 5 nitrogen and oxygen atoms in total. The van der Waals surface area contributed by atoms with E-state index in [2.05, 4.69) is 14.2 Å². The molecule has 144 valence electrons. The number of hydrogen-bond acceptors (Lipinski definition) is 4. The second kappa shape index (κ2) is 7.68. The van der Waals surface area contributed by atoms with Crippen molar-refractivity contribution in [2.45, 2.75) is 37.1 Å². The second-order valence-corrected chi connectivity index (χ2v) is 6.87. The van der Waals surface area contributed by atoms with Crippen molar-refractivity contribution in [2.75, 3.05) is 13.2 Å². The summed E-state index contributed by atoms with van der Waals surface area (Å²) in [5, 5.41) is 0. The monoisotopic (exact) mass is 395 g/mol. The van der Waals surface area contributed by atoms with E-state index in [1.807, 2.05) is 0 Å². The Morgan fingerprint density at radius 3 is 2.00 bits per heavy atom. The van der Waals surface area contributed by atoms with Gasteiger partial charge in [0.25, 0.3) is 0 Å². The third-order valence-electron chi connectivity index (χ3n) is 2.39. The predicted molar refractivity (Wildman–Crippen MR) is 75.0 cm³/mol. The molecule has 0 aliphatic rings. The van der Waals surface area contributed by atoms with Crippen LogP contribution in [0.5, 0.6) is 11.5 Å². The quantitative estimate of drug-likeness (QED) is 0.720. The summed E-state index contributed by atoms with van der Waals surface area (Å²) in [6.45, 7) is -0.539. The Hall–Kier alpha value is -1.69. The Morgan fingerprint density at radius 2 is 1.52 bits per heavy atom. The van der Waals surface area contributed by atoms with Crippen molar-refractivity contribution in [3.05, 3.63) is 18.2 Å². The van der Waals surface area contributed by atoms with Gasteiger partial charge in [0, 0.05) is 12.1 Å². The number of ether oxygens (including phenoxy) is 2. The van der Waals surface area contributed by atoms with Crippen molar-refractivity contribution >= 4 is 10.0 Å². The van der Waals surface area contributed by atoms with Gasteiger partial charge < -0.3 is 9.47 Å². The first-order chi connectivity index (χ1) is 11.2. The van der Waals surface area contributed by atoms with Gasteiger partial charge in [-0.25, -0.2) is 13.1 Å². The van der Waals surface area contributed by atoms with E-state index in [1.54, 1.807) is 0 Å². The SMILES string of the molecule is CC(C)NS(=O)(=O)c1cc(OCC(F)(F)F)ccc1OCC(F)(F)F. The van der Waals surface area contributed by atoms with Crippen molar-refractivity contribution in [2.24, 2.45) is 0 Å². The van der Waals surface area contributed by atoms with Gasteiger partial charge in [0.05, 0.1) is 0 Å². The van der Waals surface area contributed by atoms with Gasteiger partial charge in [-0.05, 0) is 26.0 Å². The van der Waals surface area contributed by atoms with Crippen LogP contribution < -0.4 is 14.2 Å². The van der Waals surface area contributed by atoms with Crippen LogP contribution in [0.4, 0.5) is 26.3 Å². The highest BCUT2D eigenvalue weighted by atomic mass is 32.2. The number of halogens is 6. The highest BCUT2D eigenvalue weighted by molar-refractivity contribution is 7.89. The fraction of sp³-hybridized carbons (Fsp3) is 0.538. The van der Waals surface area contributed by atoms with Gasteiger partial charge in [0.1, 0.15) is 16.4 Å². The van der Waals surface area contributed by atoms with Crippen LogP contribution in [-0.4, -0.2) is 40.0 Å². The fourth-order valence-electron chi connectivity index (χ4n) is 1.61. The van der Waals surface area contributed by atoms with Gasteiger partial charge in [-0.2, -0.15) is 26.3 Å². The molecule has 0 bridgehead atoms. The minimum absolute atomic E-state index is 0.485. The topological polar surface area (TPSA) is 64.6 Å². The third-order valence-corrected chi connectivity index (χ3v) is 4.07. The Morgan fingerprint density at radius 1 is 1.00 bits per heavy atom. The van der Waals surface area contributed by atoms with Gasteiger partial charge in [-0.1, -0.05) is 0 Å². The number of alkyl halides is 6. The lowest BCUT2D eigenvalue weighted by Crippen LogP contribution is -2.31. The molecule has 0 amide bonds. The largest absolute Gasteiger partial charge is 0.484 e. The van der Waals surface area contributed by atoms with Crippen molar-refractivity contribution in [3.8, 4) is 11.5 Å². The van der Waals surface area contributed by atoms with E-state index in [-0.39, 0.29) is 0 Å². The molecule has 0 spiro atoms. The molecular formula is C13H15F6NO4S. The highest BCUT2D eigenvalue weighted by Gasteiger charge is 2.31. The van der Waals surface area contributed by atoms with Crippen LogP contribution in [0.25, 0.3) is 0 Å². The van der Waals surface area contributed by atoms with Crippen LogP contribution in [0, 0.1) is 0 Å². The summed E-state index contributed by atoms with van der Waals surface area (Å²) in [4.78, 5) is -0.759. The number of hydrogen-bond donors (Lipinski definition) is 1. The number of rotatable bonds is 7. The standard InChI is InChI=1S/C13H15F6NO4S/c1-8(2)20-25(21,22)11-5-9(23-6-12(14,15)16)3-4-10(11)24-7-13(17,18)19/h3-5,8,20H,6-7H2,1-2H3. The summed E-state index contributed by atoms with van der Waals surface area (Å²) in [6.07, 6.45) is -9.39. The fourth-order valence-corrected chi connectivity index (χ4v) is 3.02. The molecule has 0 aliphatic heterocycles. The summed E-state index contributed by atoms with van der Waals surface area (Å²) in [5.41, 5.74) is 0. The molecule has 0 aromatic heterocycles. The van der Waals surface area contributed by atoms with Crippen LogP contribution >= 0.6 is 0 Å². The molecule has 0 atom stereocenters. The number of nitrogens with one attached hydrogen (secondary N) is 1. The first-order valence-corrected chi connectivity index (χ1v) is 8.23. The van der Waals surface area contributed by atoms with Crippen molar-refractivity contribution in [1.82, 2.24) is 4.72 Å². The maximum atomic E-state index is 12.3. The zero-order valence-electron chi connectivity index (χ0n) is 13.0. The number of sulfonamides is 1. The molecule has 1 N–H and O–H groups in total. The maximum absolute atomic E-state index is 12.3. The molecule has 1 aromatic rings. The second-order valence-electron chi connectivity index (χ2n) is 5.19. The molecule has 25 heavy (non-hydrogen) atoms. The molecule has 0 saturated carbocycles. The smallest absolute Gasteiger partial charge is 0.422 e. The minimum atomic E-state index is -4.72. The highest BCUT2D eigenvalue weighted by Crippen LogP contribution is 2.31. The molecule has 0 aliphatic carbocycles. The van der Waals surface area contributed by atoms with Gasteiger partial charge in [-0.15, -0.1) is 0 Å². The zero-order valence-corrected chi connectivity index (χ0v) is 13.8. The Kier molecular flexibility index (Phi) is 6.56. The van der Waals surface area contributed by atoms with Crippen LogP contribution in [0.2, 0.25) is 0 Å². The summed E-state index contributed by atoms with van der Waals surface area (Å²) < 4.78 is 109. The van der Waals surface area contributed by atoms with Crippen LogP contribution in [0.15, 0.2) is 23.1 Å². The maximum Gasteiger partial charge on any atom is 0.422 e. The summed E-state index contributed by atoms with van der Waals surface area (Å²) >= 11 is 0. The zero-order chi connectivity index (χ0) is 19.5. The lowest BCUT2D eigenvalue weighted by Gasteiger charge is -2.17.